The fraction of sp³-hybridized carbons (Fsp3) is 0.178. The number of hydrogen-bond acceptors (Lipinski definition) is 8. The minimum Gasteiger partial charge on any atom is -0.462 e. The van der Waals surface area contributed by atoms with Crippen molar-refractivity contribution >= 4 is 29.8 Å². The molecule has 1 aliphatic rings. The molecule has 0 unspecified atom stereocenters. The van der Waals surface area contributed by atoms with Crippen LogP contribution in [0.3, 0.4) is 0 Å². The number of carbonyl (C=O) groups excluding carboxylic acids is 3. The Morgan fingerprint density at radius 2 is 1.40 bits per heavy atom. The van der Waals surface area contributed by atoms with Crippen molar-refractivity contribution in [2.24, 2.45) is 10.2 Å². The normalized spacial score (nSPS) is 11.9. The lowest BCUT2D eigenvalue weighted by atomic mass is 10.0. The van der Waals surface area contributed by atoms with Gasteiger partial charge in [-0.2, -0.15) is 10.2 Å². The molecular formula is C45H40N2O6. The van der Waals surface area contributed by atoms with Crippen LogP contribution in [0.2, 0.25) is 0 Å². The second-order valence-corrected chi connectivity index (χ2v) is 12.9. The predicted molar refractivity (Wildman–Crippen MR) is 208 cm³/mol. The Bertz CT molecular complexity index is 2230. The number of nitrogens with zero attached hydrogens (tertiary/aromatic N) is 2. The van der Waals surface area contributed by atoms with Crippen molar-refractivity contribution in [3.05, 3.63) is 155 Å². The van der Waals surface area contributed by atoms with Crippen LogP contribution >= 0.6 is 0 Å². The molecule has 0 N–H and O–H groups in total. The second-order valence-electron chi connectivity index (χ2n) is 12.9. The Morgan fingerprint density at radius 3 is 2.13 bits per heavy atom. The maximum Gasteiger partial charge on any atom is 0.344 e. The summed E-state index contributed by atoms with van der Waals surface area (Å²) >= 11 is 0. The number of esters is 3. The zero-order valence-electron chi connectivity index (χ0n) is 30.1. The van der Waals surface area contributed by atoms with Crippen molar-refractivity contribution in [1.82, 2.24) is 0 Å². The monoisotopic (exact) mass is 704 g/mol. The summed E-state index contributed by atoms with van der Waals surface area (Å²) in [6, 6.07) is 33.5. The Balaban J connectivity index is 1.16. The van der Waals surface area contributed by atoms with Crippen molar-refractivity contribution < 1.29 is 28.6 Å². The lowest BCUT2D eigenvalue weighted by Crippen LogP contribution is -2.13. The molecule has 5 aromatic rings. The summed E-state index contributed by atoms with van der Waals surface area (Å²) in [5, 5.41) is 8.74. The smallest absolute Gasteiger partial charge is 0.344 e. The number of rotatable bonds is 13. The molecule has 0 heterocycles. The first kappa shape index (κ1) is 36.4. The number of ether oxygens (including phenoxy) is 3. The third-order valence-corrected chi connectivity index (χ3v) is 8.92. The first-order valence-electron chi connectivity index (χ1n) is 17.6. The summed E-state index contributed by atoms with van der Waals surface area (Å²) in [5.41, 5.74) is 9.72. The summed E-state index contributed by atoms with van der Waals surface area (Å²) in [4.78, 5) is 38.1. The maximum absolute atomic E-state index is 13.5. The van der Waals surface area contributed by atoms with Gasteiger partial charge >= 0.3 is 17.9 Å². The first-order valence-corrected chi connectivity index (χ1v) is 17.6. The van der Waals surface area contributed by atoms with E-state index in [-0.39, 0.29) is 22.9 Å². The number of unbranched alkanes of at least 4 members (excludes halogenated alkanes) is 2. The predicted octanol–water partition coefficient (Wildman–Crippen LogP) is 9.82. The van der Waals surface area contributed by atoms with E-state index in [1.54, 1.807) is 31.2 Å². The fourth-order valence-electron chi connectivity index (χ4n) is 5.97. The van der Waals surface area contributed by atoms with Gasteiger partial charge in [-0.1, -0.05) is 87.0 Å². The number of fused-ring (bicyclic) bond motifs is 3. The Hall–Kier alpha value is -6.41. The molecule has 1 aliphatic carbocycles. The van der Waals surface area contributed by atoms with E-state index in [0.717, 1.165) is 42.4 Å². The van der Waals surface area contributed by atoms with E-state index in [9.17, 15) is 14.4 Å². The van der Waals surface area contributed by atoms with Crippen LogP contribution in [0.5, 0.6) is 11.5 Å². The Morgan fingerprint density at radius 1 is 0.717 bits per heavy atom. The molecule has 0 fully saturated rings. The zero-order valence-corrected chi connectivity index (χ0v) is 30.1. The maximum atomic E-state index is 13.5. The number of carbonyl (C=O) groups is 3. The average molecular weight is 705 g/mol. The standard InChI is InChI=1S/C45H40N2O6/c1-5-6-9-24-51-44(49)33-14-12-31(13-15-33)32-16-19-38(20-17-32)52-45(50)42-23-21-39(53-43(48)29(2)3)27-37(42)28-46-47-30(4)34-18-22-41-36(25-34)26-35-10-7-8-11-40(35)41/h7-8,10-23,25,27-28H,2,5-6,9,24,26H2,1,3-4H3/b46-28+,47-30+. The molecule has 6 rings (SSSR count). The molecule has 0 aliphatic heterocycles. The summed E-state index contributed by atoms with van der Waals surface area (Å²) in [5.74, 6) is -1.01. The van der Waals surface area contributed by atoms with E-state index in [1.807, 2.05) is 37.3 Å². The summed E-state index contributed by atoms with van der Waals surface area (Å²) in [7, 11) is 0. The third-order valence-electron chi connectivity index (χ3n) is 8.92. The third kappa shape index (κ3) is 8.91. The van der Waals surface area contributed by atoms with Crippen LogP contribution in [0.1, 0.15) is 83.0 Å². The van der Waals surface area contributed by atoms with Gasteiger partial charge in [-0.3, -0.25) is 0 Å². The van der Waals surface area contributed by atoms with Gasteiger partial charge in [0.2, 0.25) is 0 Å². The molecule has 0 spiro atoms. The highest BCUT2D eigenvalue weighted by Crippen LogP contribution is 2.37. The van der Waals surface area contributed by atoms with Crippen LogP contribution in [-0.2, 0) is 16.0 Å². The van der Waals surface area contributed by atoms with Gasteiger partial charge in [0.1, 0.15) is 11.5 Å². The molecule has 0 aromatic heterocycles. The van der Waals surface area contributed by atoms with Gasteiger partial charge in [-0.15, -0.1) is 0 Å². The highest BCUT2D eigenvalue weighted by Gasteiger charge is 2.19. The van der Waals surface area contributed by atoms with Crippen LogP contribution in [0.4, 0.5) is 0 Å². The van der Waals surface area contributed by atoms with Gasteiger partial charge in [0.25, 0.3) is 0 Å². The van der Waals surface area contributed by atoms with Gasteiger partial charge in [0, 0.05) is 11.1 Å². The lowest BCUT2D eigenvalue weighted by Gasteiger charge is -2.10. The Kier molecular flexibility index (Phi) is 11.5. The van der Waals surface area contributed by atoms with Crippen LogP contribution < -0.4 is 9.47 Å². The molecule has 0 bridgehead atoms. The molecule has 0 atom stereocenters. The molecule has 8 heteroatoms. The lowest BCUT2D eigenvalue weighted by molar-refractivity contribution is -0.130. The largest absolute Gasteiger partial charge is 0.462 e. The van der Waals surface area contributed by atoms with Crippen molar-refractivity contribution in [3.63, 3.8) is 0 Å². The topological polar surface area (TPSA) is 104 Å². The van der Waals surface area contributed by atoms with Gasteiger partial charge in [0.15, 0.2) is 0 Å². The molecule has 5 aromatic carbocycles. The fourth-order valence-corrected chi connectivity index (χ4v) is 5.97. The molecule has 0 saturated heterocycles. The molecule has 53 heavy (non-hydrogen) atoms. The van der Waals surface area contributed by atoms with Gasteiger partial charge in [0.05, 0.1) is 29.7 Å². The van der Waals surface area contributed by atoms with E-state index in [2.05, 4.69) is 60.1 Å². The SMILES string of the molecule is C=C(C)C(=O)Oc1ccc(C(=O)Oc2ccc(-c3ccc(C(=O)OCCCCC)cc3)cc2)c(/C=N/N=C(\C)c2ccc3c(c2)Cc2ccccc2-3)c1. The van der Waals surface area contributed by atoms with E-state index >= 15 is 0 Å². The molecule has 0 amide bonds. The minimum absolute atomic E-state index is 0.202. The molecule has 0 radical (unpaired) electrons. The second kappa shape index (κ2) is 16.7. The number of hydrogen-bond donors (Lipinski definition) is 0. The number of benzene rings is 5. The summed E-state index contributed by atoms with van der Waals surface area (Å²) in [6.45, 7) is 9.58. The van der Waals surface area contributed by atoms with E-state index in [4.69, 9.17) is 14.2 Å². The van der Waals surface area contributed by atoms with Crippen LogP contribution in [0, 0.1) is 0 Å². The van der Waals surface area contributed by atoms with Crippen LogP contribution in [0.25, 0.3) is 22.3 Å². The van der Waals surface area contributed by atoms with Gasteiger partial charge in [-0.25, -0.2) is 14.4 Å². The summed E-state index contributed by atoms with van der Waals surface area (Å²) in [6.07, 6.45) is 5.24. The highest BCUT2D eigenvalue weighted by atomic mass is 16.5. The zero-order chi connectivity index (χ0) is 37.3. The minimum atomic E-state index is -0.627. The highest BCUT2D eigenvalue weighted by molar-refractivity contribution is 6.02. The Labute approximate surface area is 309 Å². The average Bonchev–Trinajstić information content (AvgIpc) is 3.55. The van der Waals surface area contributed by atoms with Crippen molar-refractivity contribution in [2.75, 3.05) is 6.61 Å². The molecule has 8 nitrogen and oxygen atoms in total. The first-order chi connectivity index (χ1) is 25.7. The van der Waals surface area contributed by atoms with E-state index in [0.29, 0.717) is 29.2 Å². The molecule has 0 saturated carbocycles. The van der Waals surface area contributed by atoms with Crippen LogP contribution in [-0.4, -0.2) is 36.4 Å². The summed E-state index contributed by atoms with van der Waals surface area (Å²) < 4.78 is 16.5. The van der Waals surface area contributed by atoms with Gasteiger partial charge < -0.3 is 14.2 Å². The quantitative estimate of drug-likeness (QED) is 0.0296. The molecule has 266 valence electrons. The van der Waals surface area contributed by atoms with Gasteiger partial charge in [-0.05, 0) is 114 Å². The van der Waals surface area contributed by atoms with Crippen molar-refractivity contribution in [3.8, 4) is 33.8 Å². The van der Waals surface area contributed by atoms with Crippen molar-refractivity contribution in [1.29, 1.82) is 0 Å². The van der Waals surface area contributed by atoms with Crippen LogP contribution in [0.15, 0.2) is 132 Å². The molecular weight excluding hydrogens is 665 g/mol. The van der Waals surface area contributed by atoms with E-state index < -0.39 is 11.9 Å². The van der Waals surface area contributed by atoms with Crippen molar-refractivity contribution in [2.45, 2.75) is 46.5 Å². The van der Waals surface area contributed by atoms with E-state index in [1.165, 1.54) is 46.7 Å².